The number of rotatable bonds is 7. The fourth-order valence-electron chi connectivity index (χ4n) is 2.94. The van der Waals surface area contributed by atoms with E-state index in [4.69, 9.17) is 10.2 Å². The summed E-state index contributed by atoms with van der Waals surface area (Å²) in [5, 5.41) is 17.8. The third kappa shape index (κ3) is 3.76. The Balaban J connectivity index is 3.01. The zero-order valence-electron chi connectivity index (χ0n) is 16.0. The van der Waals surface area contributed by atoms with Crippen molar-refractivity contribution in [3.05, 3.63) is 42.8 Å². The number of alkyl halides is 10. The highest BCUT2D eigenvalue weighted by Gasteiger charge is 2.86. The molecule has 0 aliphatic rings. The summed E-state index contributed by atoms with van der Waals surface area (Å²) in [4.78, 5) is 18.1. The van der Waals surface area contributed by atoms with Gasteiger partial charge in [0.2, 0.25) is 0 Å². The minimum absolute atomic E-state index is 0.00627. The van der Waals surface area contributed by atoms with Gasteiger partial charge in [0.15, 0.2) is 0 Å². The molecule has 0 fully saturated rings. The Labute approximate surface area is 185 Å². The molecule has 184 valence electrons. The lowest BCUT2D eigenvalue weighted by Crippen LogP contribution is -2.65. The number of carboxylic acids is 2. The maximum absolute atomic E-state index is 15.9. The van der Waals surface area contributed by atoms with Gasteiger partial charge in [-0.3, -0.25) is 0 Å². The molecule has 2 aromatic rings. The van der Waals surface area contributed by atoms with Crippen molar-refractivity contribution in [1.82, 2.24) is 0 Å². The minimum atomic E-state index is -7.35. The van der Waals surface area contributed by atoms with Crippen molar-refractivity contribution in [3.63, 3.8) is 0 Å². The number of halogens is 10. The second-order valence-corrected chi connectivity index (χ2v) is 9.16. The van der Waals surface area contributed by atoms with Crippen molar-refractivity contribution in [3.8, 4) is 0 Å². The van der Waals surface area contributed by atoms with Gasteiger partial charge in [-0.1, -0.05) is 0 Å². The maximum Gasteiger partial charge on any atom is 0.460 e. The first-order valence-corrected chi connectivity index (χ1v) is 9.85. The Morgan fingerprint density at radius 3 is 1.39 bits per heavy atom. The van der Waals surface area contributed by atoms with Crippen LogP contribution in [0.15, 0.2) is 12.1 Å². The Morgan fingerprint density at radius 1 is 0.697 bits per heavy atom. The van der Waals surface area contributed by atoms with E-state index in [1.807, 2.05) is 0 Å². The quantitative estimate of drug-likeness (QED) is 0.394. The summed E-state index contributed by atoms with van der Waals surface area (Å²) in [6.45, 7) is 1.26. The van der Waals surface area contributed by atoms with Crippen LogP contribution < -0.4 is 0 Å². The first kappa shape index (κ1) is 26.9. The Kier molecular flexibility index (Phi) is 6.40. The molecule has 33 heavy (non-hydrogen) atoms. The highest BCUT2D eigenvalue weighted by Crippen LogP contribution is 2.65. The number of aromatic carboxylic acids is 2. The first-order chi connectivity index (χ1) is 14.6. The number of hydrogen-bond donors (Lipinski definition) is 2. The van der Waals surface area contributed by atoms with Crippen LogP contribution >= 0.6 is 22.7 Å². The van der Waals surface area contributed by atoms with E-state index in [0.717, 1.165) is 0 Å². The number of hydrogen-bond acceptors (Lipinski definition) is 4. The number of aryl methyl sites for hydroxylation is 2. The molecule has 2 aromatic heterocycles. The normalized spacial score (nSPS) is 15.4. The zero-order chi connectivity index (χ0) is 25.9. The topological polar surface area (TPSA) is 74.6 Å². The molecule has 0 amide bonds. The molecule has 0 aromatic carbocycles. The molecule has 2 heterocycles. The summed E-state index contributed by atoms with van der Waals surface area (Å²) in [6.07, 6.45) is -7.20. The van der Waals surface area contributed by atoms with E-state index in [0.29, 0.717) is 13.8 Å². The van der Waals surface area contributed by atoms with Gasteiger partial charge in [-0.15, -0.1) is 22.7 Å². The molecular weight excluding hydrogens is 522 g/mol. The number of thiophene rings is 2. The fraction of sp³-hybridized carbons (Fsp3) is 0.412. The Hall–Kier alpha value is -2.36. The molecule has 0 aliphatic carbocycles. The van der Waals surface area contributed by atoms with Gasteiger partial charge >= 0.3 is 35.9 Å². The highest BCUT2D eigenvalue weighted by molar-refractivity contribution is 7.14. The first-order valence-electron chi connectivity index (χ1n) is 8.22. The van der Waals surface area contributed by atoms with Crippen LogP contribution in [-0.4, -0.2) is 40.2 Å². The van der Waals surface area contributed by atoms with Crippen LogP contribution in [0.25, 0.3) is 0 Å². The van der Waals surface area contributed by atoms with Crippen LogP contribution in [0.2, 0.25) is 0 Å². The van der Waals surface area contributed by atoms with Crippen LogP contribution in [0.4, 0.5) is 43.9 Å². The molecule has 1 atom stereocenters. The van der Waals surface area contributed by atoms with Crippen molar-refractivity contribution < 1.29 is 63.7 Å². The number of carbonyl (C=O) groups is 2. The molecule has 0 saturated heterocycles. The van der Waals surface area contributed by atoms with Crippen LogP contribution in [0, 0.1) is 13.8 Å². The highest BCUT2D eigenvalue weighted by atomic mass is 32.1. The second-order valence-electron chi connectivity index (χ2n) is 6.65. The average Bonchev–Trinajstić information content (AvgIpc) is 3.23. The van der Waals surface area contributed by atoms with Gasteiger partial charge in [-0.2, -0.15) is 39.5 Å². The molecule has 2 rings (SSSR count). The van der Waals surface area contributed by atoms with E-state index in [1.165, 1.54) is 0 Å². The minimum Gasteiger partial charge on any atom is -0.477 e. The molecule has 4 nitrogen and oxygen atoms in total. The second kappa shape index (κ2) is 7.85. The predicted molar refractivity (Wildman–Crippen MR) is 94.7 cm³/mol. The molecule has 2 N–H and O–H groups in total. The SMILES string of the molecule is Cc1sc(C(=O)O)cc1C(F)(F)C(F)(c1cc(C(=O)O)sc1C)C(F)(F)C(F)(F)C(F)(F)F. The maximum atomic E-state index is 15.9. The van der Waals surface area contributed by atoms with Gasteiger partial charge < -0.3 is 10.2 Å². The lowest BCUT2D eigenvalue weighted by Gasteiger charge is -2.42. The molecule has 0 aliphatic heterocycles. The zero-order valence-corrected chi connectivity index (χ0v) is 17.6. The van der Waals surface area contributed by atoms with Gasteiger partial charge in [0.05, 0.1) is 0 Å². The van der Waals surface area contributed by atoms with E-state index in [-0.39, 0.29) is 34.8 Å². The lowest BCUT2D eigenvalue weighted by molar-refractivity contribution is -0.404. The van der Waals surface area contributed by atoms with Crippen molar-refractivity contribution >= 4 is 34.6 Å². The Morgan fingerprint density at radius 2 is 1.06 bits per heavy atom. The Bertz CT molecular complexity index is 1100. The van der Waals surface area contributed by atoms with E-state index in [2.05, 4.69) is 0 Å². The smallest absolute Gasteiger partial charge is 0.460 e. The van der Waals surface area contributed by atoms with Crippen molar-refractivity contribution in [2.24, 2.45) is 0 Å². The van der Waals surface area contributed by atoms with Gasteiger partial charge in [0.25, 0.3) is 5.67 Å². The van der Waals surface area contributed by atoms with Crippen LogP contribution in [0.1, 0.15) is 40.2 Å². The summed E-state index contributed by atoms with van der Waals surface area (Å²) >= 11 is -0.108. The van der Waals surface area contributed by atoms with E-state index >= 15 is 13.2 Å². The predicted octanol–water partition coefficient (Wildman–Crippen LogP) is 6.61. The standard InChI is InChI=1S/C17H10F10O4S2/c1-5-7(3-9(32-5)11(28)29)13(18,15(21,22)16(23,24)17(25,26)27)14(19,20)8-4-10(12(30)31)33-6(8)2/h3-4H,1-2H3,(H,28,29)(H,30,31). The van der Waals surface area contributed by atoms with E-state index < -0.39 is 72.2 Å². The summed E-state index contributed by atoms with van der Waals surface area (Å²) in [7, 11) is 0. The largest absolute Gasteiger partial charge is 0.477 e. The van der Waals surface area contributed by atoms with Crippen molar-refractivity contribution in [2.45, 2.75) is 43.5 Å². The lowest BCUT2D eigenvalue weighted by atomic mass is 9.77. The summed E-state index contributed by atoms with van der Waals surface area (Å²) in [6, 6.07) is -0.214. The molecule has 0 radical (unpaired) electrons. The fourth-order valence-corrected chi connectivity index (χ4v) is 4.74. The van der Waals surface area contributed by atoms with Gasteiger partial charge in [0, 0.05) is 20.9 Å². The summed E-state index contributed by atoms with van der Waals surface area (Å²) < 4.78 is 142. The van der Waals surface area contributed by atoms with Crippen LogP contribution in [0.5, 0.6) is 0 Å². The van der Waals surface area contributed by atoms with Crippen molar-refractivity contribution in [2.75, 3.05) is 0 Å². The third-order valence-electron chi connectivity index (χ3n) is 4.58. The van der Waals surface area contributed by atoms with Crippen molar-refractivity contribution in [1.29, 1.82) is 0 Å². The summed E-state index contributed by atoms with van der Waals surface area (Å²) in [5.74, 6) is -24.3. The van der Waals surface area contributed by atoms with E-state index in [9.17, 15) is 40.3 Å². The molecule has 0 bridgehead atoms. The molecule has 0 saturated carbocycles. The molecular formula is C17H10F10O4S2. The van der Waals surface area contributed by atoms with Gasteiger partial charge in [0.1, 0.15) is 9.75 Å². The van der Waals surface area contributed by atoms with Crippen LogP contribution in [-0.2, 0) is 11.6 Å². The number of carboxylic acid groups (broad SMARTS) is 2. The monoisotopic (exact) mass is 532 g/mol. The summed E-state index contributed by atoms with van der Waals surface area (Å²) in [5.41, 5.74) is -10.2. The van der Waals surface area contributed by atoms with Gasteiger partial charge in [-0.05, 0) is 26.0 Å². The van der Waals surface area contributed by atoms with Gasteiger partial charge in [-0.25, -0.2) is 14.0 Å². The van der Waals surface area contributed by atoms with E-state index in [1.54, 1.807) is 0 Å². The van der Waals surface area contributed by atoms with Crippen LogP contribution in [0.3, 0.4) is 0 Å². The molecule has 0 spiro atoms. The molecule has 1 unspecified atom stereocenters. The average molecular weight is 532 g/mol. The molecule has 16 heteroatoms. The third-order valence-corrected chi connectivity index (χ3v) is 6.66.